The first-order chi connectivity index (χ1) is 13.4. The number of hydrogen-bond donors (Lipinski definition) is 1. The Morgan fingerprint density at radius 1 is 1.18 bits per heavy atom. The van der Waals surface area contributed by atoms with Crippen LogP contribution in [0.5, 0.6) is 5.75 Å². The predicted molar refractivity (Wildman–Crippen MR) is 108 cm³/mol. The van der Waals surface area contributed by atoms with Crippen molar-refractivity contribution in [3.05, 3.63) is 59.2 Å². The number of aryl methyl sites for hydroxylation is 1. The van der Waals surface area contributed by atoms with Gasteiger partial charge in [-0.1, -0.05) is 29.8 Å². The minimum Gasteiger partial charge on any atom is -0.491 e. The van der Waals surface area contributed by atoms with Gasteiger partial charge in [-0.05, 0) is 51.3 Å². The summed E-state index contributed by atoms with van der Waals surface area (Å²) >= 11 is 0. The van der Waals surface area contributed by atoms with Crippen LogP contribution < -0.4 is 10.1 Å². The third-order valence-corrected chi connectivity index (χ3v) is 5.12. The number of rotatable bonds is 5. The van der Waals surface area contributed by atoms with Crippen molar-refractivity contribution in [3.8, 4) is 11.8 Å². The van der Waals surface area contributed by atoms with Crippen LogP contribution in [-0.4, -0.2) is 25.2 Å². The lowest BCUT2D eigenvalue weighted by Crippen LogP contribution is -2.45. The fourth-order valence-corrected chi connectivity index (χ4v) is 3.55. The number of benzene rings is 2. The molecule has 0 spiro atoms. The molecule has 0 bridgehead atoms. The molecule has 5 heteroatoms. The highest BCUT2D eigenvalue weighted by molar-refractivity contribution is 6.00. The van der Waals surface area contributed by atoms with Crippen molar-refractivity contribution in [3.63, 3.8) is 0 Å². The lowest BCUT2D eigenvalue weighted by Gasteiger charge is -2.36. The number of ether oxygens (including phenoxy) is 2. The summed E-state index contributed by atoms with van der Waals surface area (Å²) in [5.41, 5.74) is 2.36. The van der Waals surface area contributed by atoms with Crippen molar-refractivity contribution < 1.29 is 14.3 Å². The van der Waals surface area contributed by atoms with Gasteiger partial charge in [-0.2, -0.15) is 5.26 Å². The maximum absolute atomic E-state index is 13.4. The van der Waals surface area contributed by atoms with Gasteiger partial charge in [0, 0.05) is 19.3 Å². The van der Waals surface area contributed by atoms with Gasteiger partial charge in [0.05, 0.1) is 22.8 Å². The van der Waals surface area contributed by atoms with Crippen LogP contribution in [0.3, 0.4) is 0 Å². The Balaban J connectivity index is 1.90. The van der Waals surface area contributed by atoms with E-state index in [1.807, 2.05) is 45.0 Å². The number of hydrogen-bond acceptors (Lipinski definition) is 4. The third-order valence-electron chi connectivity index (χ3n) is 5.12. The van der Waals surface area contributed by atoms with E-state index in [2.05, 4.69) is 11.4 Å². The zero-order valence-electron chi connectivity index (χ0n) is 16.6. The summed E-state index contributed by atoms with van der Waals surface area (Å²) < 4.78 is 11.2. The van der Waals surface area contributed by atoms with Crippen LogP contribution in [0.15, 0.2) is 42.5 Å². The van der Waals surface area contributed by atoms with Gasteiger partial charge in [0.15, 0.2) is 0 Å². The van der Waals surface area contributed by atoms with Crippen LogP contribution in [-0.2, 0) is 14.9 Å². The summed E-state index contributed by atoms with van der Waals surface area (Å²) in [4.78, 5) is 13.4. The zero-order chi connectivity index (χ0) is 20.1. The fourth-order valence-electron chi connectivity index (χ4n) is 3.55. The molecule has 1 fully saturated rings. The number of amides is 1. The molecular weight excluding hydrogens is 352 g/mol. The Morgan fingerprint density at radius 2 is 1.86 bits per heavy atom. The van der Waals surface area contributed by atoms with Gasteiger partial charge in [-0.25, -0.2) is 0 Å². The fraction of sp³-hybridized carbons (Fsp3) is 0.391. The molecule has 5 nitrogen and oxygen atoms in total. The molecule has 1 heterocycles. The van der Waals surface area contributed by atoms with Crippen LogP contribution in [0, 0.1) is 18.3 Å². The van der Waals surface area contributed by atoms with Crippen molar-refractivity contribution in [1.29, 1.82) is 5.26 Å². The Hall–Kier alpha value is -2.84. The highest BCUT2D eigenvalue weighted by atomic mass is 16.5. The highest BCUT2D eigenvalue weighted by Crippen LogP contribution is 2.37. The molecule has 3 rings (SSSR count). The number of nitrogens with zero attached hydrogens (tertiary/aromatic N) is 1. The van der Waals surface area contributed by atoms with Gasteiger partial charge < -0.3 is 14.8 Å². The molecule has 0 atom stereocenters. The van der Waals surface area contributed by atoms with E-state index in [0.29, 0.717) is 43.1 Å². The standard InChI is InChI=1S/C23H26N2O3/c1-16(2)28-20-8-9-21(18(14-20)15-24)25-22(26)23(10-12-27-13-11-23)19-6-4-17(3)5-7-19/h4-9,14,16H,10-13H2,1-3H3,(H,25,26). The molecule has 28 heavy (non-hydrogen) atoms. The molecule has 0 aliphatic carbocycles. The Kier molecular flexibility index (Phi) is 6.01. The van der Waals surface area contributed by atoms with E-state index in [9.17, 15) is 10.1 Å². The average Bonchev–Trinajstić information content (AvgIpc) is 2.69. The first kappa shape index (κ1) is 19.9. The predicted octanol–water partition coefficient (Wildman–Crippen LogP) is 4.34. The number of anilines is 1. The maximum atomic E-state index is 13.4. The second-order valence-corrected chi connectivity index (χ2v) is 7.50. The molecule has 2 aromatic rings. The Bertz CT molecular complexity index is 876. The van der Waals surface area contributed by atoms with E-state index in [1.54, 1.807) is 18.2 Å². The third kappa shape index (κ3) is 4.18. The summed E-state index contributed by atoms with van der Waals surface area (Å²) in [6.07, 6.45) is 1.23. The molecule has 1 aliphatic rings. The van der Waals surface area contributed by atoms with E-state index in [4.69, 9.17) is 9.47 Å². The lowest BCUT2D eigenvalue weighted by atomic mass is 9.73. The monoisotopic (exact) mass is 378 g/mol. The van der Waals surface area contributed by atoms with Crippen molar-refractivity contribution in [1.82, 2.24) is 0 Å². The summed E-state index contributed by atoms with van der Waals surface area (Å²) in [6.45, 7) is 6.96. The van der Waals surface area contributed by atoms with Crippen LogP contribution in [0.1, 0.15) is 43.4 Å². The van der Waals surface area contributed by atoms with Crippen LogP contribution in [0.2, 0.25) is 0 Å². The summed E-state index contributed by atoms with van der Waals surface area (Å²) in [6, 6.07) is 15.4. The van der Waals surface area contributed by atoms with Gasteiger partial charge in [-0.3, -0.25) is 4.79 Å². The van der Waals surface area contributed by atoms with Gasteiger partial charge in [0.25, 0.3) is 0 Å². The second-order valence-electron chi connectivity index (χ2n) is 7.50. The first-order valence-electron chi connectivity index (χ1n) is 9.62. The van der Waals surface area contributed by atoms with E-state index < -0.39 is 5.41 Å². The van der Waals surface area contributed by atoms with E-state index in [1.165, 1.54) is 0 Å². The van der Waals surface area contributed by atoms with Crippen molar-refractivity contribution in [2.75, 3.05) is 18.5 Å². The number of nitriles is 1. The quantitative estimate of drug-likeness (QED) is 0.840. The molecule has 0 radical (unpaired) electrons. The van der Waals surface area contributed by atoms with Crippen molar-refractivity contribution >= 4 is 11.6 Å². The summed E-state index contributed by atoms with van der Waals surface area (Å²) in [5, 5.41) is 12.5. The smallest absolute Gasteiger partial charge is 0.235 e. The molecule has 1 amide bonds. The molecule has 1 saturated heterocycles. The molecule has 1 aliphatic heterocycles. The van der Waals surface area contributed by atoms with Crippen LogP contribution in [0.4, 0.5) is 5.69 Å². The average molecular weight is 378 g/mol. The topological polar surface area (TPSA) is 71.3 Å². The number of nitrogens with one attached hydrogen (secondary N) is 1. The van der Waals surface area contributed by atoms with E-state index in [-0.39, 0.29) is 12.0 Å². The molecule has 0 saturated carbocycles. The lowest BCUT2D eigenvalue weighted by molar-refractivity contribution is -0.125. The van der Waals surface area contributed by atoms with E-state index in [0.717, 1.165) is 11.1 Å². The Morgan fingerprint density at radius 3 is 2.46 bits per heavy atom. The largest absolute Gasteiger partial charge is 0.491 e. The second kappa shape index (κ2) is 8.45. The molecular formula is C23H26N2O3. The first-order valence-corrected chi connectivity index (χ1v) is 9.62. The molecule has 1 N–H and O–H groups in total. The molecule has 2 aromatic carbocycles. The summed E-state index contributed by atoms with van der Waals surface area (Å²) in [7, 11) is 0. The van der Waals surface area contributed by atoms with Gasteiger partial charge in [-0.15, -0.1) is 0 Å². The van der Waals surface area contributed by atoms with E-state index >= 15 is 0 Å². The minimum atomic E-state index is -0.661. The highest BCUT2D eigenvalue weighted by Gasteiger charge is 2.41. The van der Waals surface area contributed by atoms with Gasteiger partial charge in [0.1, 0.15) is 11.8 Å². The minimum absolute atomic E-state index is 0.0130. The van der Waals surface area contributed by atoms with Crippen LogP contribution in [0.25, 0.3) is 0 Å². The Labute approximate surface area is 166 Å². The van der Waals surface area contributed by atoms with Gasteiger partial charge in [0.2, 0.25) is 5.91 Å². The van der Waals surface area contributed by atoms with Crippen molar-refractivity contribution in [2.45, 2.75) is 45.1 Å². The maximum Gasteiger partial charge on any atom is 0.235 e. The molecule has 0 aromatic heterocycles. The normalized spacial score (nSPS) is 15.7. The van der Waals surface area contributed by atoms with Crippen LogP contribution >= 0.6 is 0 Å². The SMILES string of the molecule is Cc1ccc(C2(C(=O)Nc3ccc(OC(C)C)cc3C#N)CCOCC2)cc1. The summed E-state index contributed by atoms with van der Waals surface area (Å²) in [5.74, 6) is 0.512. The molecule has 0 unspecified atom stereocenters. The number of carbonyl (C=O) groups excluding carboxylic acids is 1. The molecule has 146 valence electrons. The number of carbonyl (C=O) groups is 1. The van der Waals surface area contributed by atoms with Gasteiger partial charge >= 0.3 is 0 Å². The van der Waals surface area contributed by atoms with Crippen molar-refractivity contribution in [2.24, 2.45) is 0 Å². The zero-order valence-corrected chi connectivity index (χ0v) is 16.6.